The Morgan fingerprint density at radius 1 is 0.796 bits per heavy atom. The maximum Gasteiger partial charge on any atom is 0.233 e. The predicted octanol–water partition coefficient (Wildman–Crippen LogP) is 5.69. The zero-order valence-corrected chi connectivity index (χ0v) is 27.6. The standard InChI is InChI=1S/C40H42F2N4O3/c41-33-11-9-31(10-12-33)37(47)18-17-36-39(45(40(36)49)35-15-13-34(42)14-16-35)32-7-5-29(6-8-32)26-43-38(48)25-28-1-3-30(4-2-28)27-46-22-19-44(20-23-46)21-24-46/h1-16,36-37,39,47H,17-27H2/p+1. The van der Waals surface area contributed by atoms with E-state index in [0.717, 1.165) is 23.2 Å². The first-order valence-corrected chi connectivity index (χ1v) is 17.3. The Kier molecular flexibility index (Phi) is 9.58. The van der Waals surface area contributed by atoms with Crippen LogP contribution in [0.5, 0.6) is 0 Å². The molecule has 8 rings (SSSR count). The Labute approximate surface area is 286 Å². The van der Waals surface area contributed by atoms with Crippen LogP contribution in [0.3, 0.4) is 0 Å². The van der Waals surface area contributed by atoms with Gasteiger partial charge in [0.25, 0.3) is 0 Å². The lowest BCUT2D eigenvalue weighted by atomic mass is 9.78. The second-order valence-electron chi connectivity index (χ2n) is 13.9. The number of hydrogen-bond acceptors (Lipinski definition) is 4. The fourth-order valence-corrected chi connectivity index (χ4v) is 7.69. The molecule has 4 fully saturated rings. The number of nitrogens with zero attached hydrogens (tertiary/aromatic N) is 3. The topological polar surface area (TPSA) is 72.9 Å². The number of rotatable bonds is 12. The van der Waals surface area contributed by atoms with Crippen LogP contribution in [-0.2, 0) is 29.1 Å². The molecule has 4 aliphatic rings. The van der Waals surface area contributed by atoms with Crippen molar-refractivity contribution in [3.8, 4) is 0 Å². The number of quaternary nitrogens is 1. The molecule has 3 unspecified atom stereocenters. The minimum atomic E-state index is -0.827. The molecule has 254 valence electrons. The van der Waals surface area contributed by atoms with Crippen molar-refractivity contribution >= 4 is 17.5 Å². The van der Waals surface area contributed by atoms with Crippen LogP contribution < -0.4 is 10.2 Å². The lowest BCUT2D eigenvalue weighted by molar-refractivity contribution is -0.953. The highest BCUT2D eigenvalue weighted by Crippen LogP contribution is 2.46. The Morgan fingerprint density at radius 2 is 1.37 bits per heavy atom. The lowest BCUT2D eigenvalue weighted by Crippen LogP contribution is -2.66. The van der Waals surface area contributed by atoms with E-state index in [1.54, 1.807) is 29.2 Å². The Hall–Kier alpha value is -4.44. The van der Waals surface area contributed by atoms with Crippen molar-refractivity contribution in [1.29, 1.82) is 0 Å². The van der Waals surface area contributed by atoms with Gasteiger partial charge in [0.1, 0.15) is 18.2 Å². The molecule has 49 heavy (non-hydrogen) atoms. The van der Waals surface area contributed by atoms with Crippen molar-refractivity contribution in [2.24, 2.45) is 5.92 Å². The summed E-state index contributed by atoms with van der Waals surface area (Å²) >= 11 is 0. The maximum atomic E-state index is 13.7. The average Bonchev–Trinajstić information content (AvgIpc) is 3.12. The fraction of sp³-hybridized carbons (Fsp3) is 0.350. The van der Waals surface area contributed by atoms with Crippen LogP contribution >= 0.6 is 0 Å². The summed E-state index contributed by atoms with van der Waals surface area (Å²) in [5.41, 5.74) is 5.38. The second kappa shape index (κ2) is 14.2. The number of nitrogens with one attached hydrogen (secondary N) is 1. The molecule has 4 aromatic carbocycles. The normalized spacial score (nSPS) is 23.6. The molecular formula is C40H43F2N4O3+. The third-order valence-electron chi connectivity index (χ3n) is 10.7. The first kappa shape index (κ1) is 33.1. The number of piperazine rings is 3. The van der Waals surface area contributed by atoms with E-state index >= 15 is 0 Å². The molecule has 0 aliphatic carbocycles. The summed E-state index contributed by atoms with van der Waals surface area (Å²) in [7, 11) is 0. The van der Waals surface area contributed by atoms with E-state index in [4.69, 9.17) is 0 Å². The van der Waals surface area contributed by atoms with Crippen LogP contribution in [0.2, 0.25) is 0 Å². The molecule has 4 aromatic rings. The van der Waals surface area contributed by atoms with Gasteiger partial charge < -0.3 is 19.8 Å². The zero-order valence-electron chi connectivity index (χ0n) is 27.6. The van der Waals surface area contributed by atoms with Crippen LogP contribution in [-0.4, -0.2) is 65.6 Å². The van der Waals surface area contributed by atoms with Crippen molar-refractivity contribution in [3.05, 3.63) is 137 Å². The highest BCUT2D eigenvalue weighted by atomic mass is 19.1. The molecule has 4 aliphatic heterocycles. The third-order valence-corrected chi connectivity index (χ3v) is 10.7. The van der Waals surface area contributed by atoms with E-state index in [1.165, 1.54) is 73.6 Å². The number of benzene rings is 4. The summed E-state index contributed by atoms with van der Waals surface area (Å²) < 4.78 is 28.2. The molecule has 4 saturated heterocycles. The van der Waals surface area contributed by atoms with E-state index < -0.39 is 6.10 Å². The maximum absolute atomic E-state index is 13.7. The lowest BCUT2D eigenvalue weighted by Gasteiger charge is -2.50. The highest BCUT2D eigenvalue weighted by Gasteiger charge is 2.48. The van der Waals surface area contributed by atoms with Gasteiger partial charge in [0.2, 0.25) is 11.8 Å². The molecule has 0 spiro atoms. The molecular weight excluding hydrogens is 622 g/mol. The van der Waals surface area contributed by atoms with Crippen molar-refractivity contribution in [3.63, 3.8) is 0 Å². The largest absolute Gasteiger partial charge is 0.388 e. The van der Waals surface area contributed by atoms with Gasteiger partial charge in [-0.15, -0.1) is 0 Å². The van der Waals surface area contributed by atoms with Crippen LogP contribution in [0.1, 0.15) is 52.8 Å². The molecule has 3 atom stereocenters. The Balaban J connectivity index is 0.957. The number of aliphatic hydroxyl groups is 1. The monoisotopic (exact) mass is 665 g/mol. The molecule has 2 N–H and O–H groups in total. The van der Waals surface area contributed by atoms with Crippen molar-refractivity contribution in [2.75, 3.05) is 44.2 Å². The van der Waals surface area contributed by atoms with Crippen LogP contribution in [0.4, 0.5) is 14.5 Å². The first-order valence-electron chi connectivity index (χ1n) is 17.3. The zero-order chi connectivity index (χ0) is 34.0. The quantitative estimate of drug-likeness (QED) is 0.151. The number of aliphatic hydroxyl groups excluding tert-OH is 1. The summed E-state index contributed by atoms with van der Waals surface area (Å²) in [6.45, 7) is 8.70. The molecule has 4 heterocycles. The summed E-state index contributed by atoms with van der Waals surface area (Å²) in [6.07, 6.45) is 0.251. The minimum Gasteiger partial charge on any atom is -0.388 e. The molecule has 0 saturated carbocycles. The molecule has 7 nitrogen and oxygen atoms in total. The van der Waals surface area contributed by atoms with E-state index in [2.05, 4.69) is 34.5 Å². The third kappa shape index (κ3) is 7.44. The summed E-state index contributed by atoms with van der Waals surface area (Å²) in [6, 6.07) is 27.6. The van der Waals surface area contributed by atoms with Gasteiger partial charge in [-0.25, -0.2) is 8.78 Å². The summed E-state index contributed by atoms with van der Waals surface area (Å²) in [5.74, 6) is -1.27. The van der Waals surface area contributed by atoms with E-state index in [0.29, 0.717) is 37.1 Å². The van der Waals surface area contributed by atoms with E-state index in [1.807, 2.05) is 24.3 Å². The van der Waals surface area contributed by atoms with Crippen molar-refractivity contribution in [2.45, 2.75) is 44.5 Å². The van der Waals surface area contributed by atoms with Gasteiger partial charge in [0, 0.05) is 37.4 Å². The number of hydrogen-bond donors (Lipinski definition) is 2. The number of amides is 2. The van der Waals surface area contributed by atoms with Crippen molar-refractivity contribution < 1.29 is 28.0 Å². The van der Waals surface area contributed by atoms with Gasteiger partial charge in [0.05, 0.1) is 44.1 Å². The number of β-lactam (4-membered cyclic amide) rings is 1. The van der Waals surface area contributed by atoms with Crippen LogP contribution in [0, 0.1) is 17.6 Å². The van der Waals surface area contributed by atoms with Crippen LogP contribution in [0.25, 0.3) is 0 Å². The molecule has 2 bridgehead atoms. The summed E-state index contributed by atoms with van der Waals surface area (Å²) in [5, 5.41) is 13.8. The molecule has 2 amide bonds. The fourth-order valence-electron chi connectivity index (χ4n) is 7.69. The van der Waals surface area contributed by atoms with Gasteiger partial charge in [-0.05, 0) is 71.5 Å². The smallest absolute Gasteiger partial charge is 0.233 e. The predicted molar refractivity (Wildman–Crippen MR) is 184 cm³/mol. The second-order valence-corrected chi connectivity index (χ2v) is 13.9. The number of carbonyl (C=O) groups is 2. The molecule has 9 heteroatoms. The van der Waals surface area contributed by atoms with Crippen LogP contribution in [0.15, 0.2) is 97.1 Å². The number of carbonyl (C=O) groups excluding carboxylic acids is 2. The van der Waals surface area contributed by atoms with Crippen molar-refractivity contribution in [1.82, 2.24) is 10.2 Å². The van der Waals surface area contributed by atoms with Gasteiger partial charge in [-0.1, -0.05) is 60.7 Å². The van der Waals surface area contributed by atoms with Gasteiger partial charge in [-0.3, -0.25) is 14.5 Å². The SMILES string of the molecule is O=C(Cc1ccc(C[N+]23CCN(CC2)CC3)cc1)NCc1ccc(C2C(CCC(O)c3ccc(F)cc3)C(=O)N2c2ccc(F)cc2)cc1. The van der Waals surface area contributed by atoms with E-state index in [9.17, 15) is 23.5 Å². The first-order chi connectivity index (χ1) is 23.7. The Bertz CT molecular complexity index is 1740. The average molecular weight is 666 g/mol. The summed E-state index contributed by atoms with van der Waals surface area (Å²) in [4.78, 5) is 30.5. The van der Waals surface area contributed by atoms with E-state index in [-0.39, 0.29) is 35.4 Å². The van der Waals surface area contributed by atoms with Gasteiger partial charge >= 0.3 is 0 Å². The van der Waals surface area contributed by atoms with Gasteiger partial charge in [-0.2, -0.15) is 0 Å². The highest BCUT2D eigenvalue weighted by molar-refractivity contribution is 6.03. The molecule has 0 radical (unpaired) electrons. The Morgan fingerprint density at radius 3 is 2.00 bits per heavy atom. The van der Waals surface area contributed by atoms with Gasteiger partial charge in [0.15, 0.2) is 0 Å². The number of anilines is 1. The molecule has 0 aromatic heterocycles. The minimum absolute atomic E-state index is 0.0438. The number of fused-ring (bicyclic) bond motifs is 3. The number of halogens is 2.